The number of aromatic amines is 1. The molecule has 3 N–H and O–H groups in total. The molecule has 4 aromatic rings. The van der Waals surface area contributed by atoms with E-state index < -0.39 is 0 Å². The summed E-state index contributed by atoms with van der Waals surface area (Å²) in [6, 6.07) is 3.60. The number of benzene rings is 1. The molecule has 0 bridgehead atoms. The number of H-pyrrole nitrogens is 1. The van der Waals surface area contributed by atoms with Gasteiger partial charge in [0.15, 0.2) is 22.9 Å². The quantitative estimate of drug-likeness (QED) is 0.499. The lowest BCUT2D eigenvalue weighted by Crippen LogP contribution is -1.89. The molecule has 0 saturated carbocycles. The number of nitrogens with two attached hydrogens (primary N) is 1. The number of anilines is 1. The SMILES string of the molecule is Nc1nonc1-c1nc2ccc3[nH]onc3c2n1. The Kier molecular flexibility index (Phi) is 1.53. The Labute approximate surface area is 97.9 Å². The minimum atomic E-state index is 0.147. The molecule has 4 rings (SSSR count). The highest BCUT2D eigenvalue weighted by molar-refractivity contribution is 6.00. The van der Waals surface area contributed by atoms with Crippen molar-refractivity contribution in [3.63, 3.8) is 0 Å². The van der Waals surface area contributed by atoms with Gasteiger partial charge in [-0.15, -0.1) is 0 Å². The fourth-order valence-electron chi connectivity index (χ4n) is 1.76. The van der Waals surface area contributed by atoms with Crippen molar-refractivity contribution in [2.75, 3.05) is 5.73 Å². The number of rotatable bonds is 1. The molecule has 0 spiro atoms. The van der Waals surface area contributed by atoms with Crippen LogP contribution in [0.2, 0.25) is 0 Å². The number of hydrogen-bond donors (Lipinski definition) is 2. The third-order valence-electron chi connectivity index (χ3n) is 2.59. The van der Waals surface area contributed by atoms with Gasteiger partial charge in [0.05, 0.1) is 5.52 Å². The van der Waals surface area contributed by atoms with Crippen LogP contribution < -0.4 is 5.73 Å². The minimum absolute atomic E-state index is 0.147. The third kappa shape index (κ3) is 1.07. The van der Waals surface area contributed by atoms with E-state index in [4.69, 9.17) is 10.4 Å². The van der Waals surface area contributed by atoms with Crippen molar-refractivity contribution >= 4 is 27.9 Å². The van der Waals surface area contributed by atoms with Crippen LogP contribution in [-0.4, -0.2) is 30.6 Å². The normalized spacial score (nSPS) is 11.6. The first kappa shape index (κ1) is 9.10. The van der Waals surface area contributed by atoms with Crippen LogP contribution in [0.15, 0.2) is 21.4 Å². The fraction of sp³-hybridized carbons (Fsp3) is 0. The van der Waals surface area contributed by atoms with Gasteiger partial charge < -0.3 is 5.73 Å². The Morgan fingerprint density at radius 2 is 2.00 bits per heavy atom. The van der Waals surface area contributed by atoms with Gasteiger partial charge in [-0.1, -0.05) is 0 Å². The molecule has 18 heavy (non-hydrogen) atoms. The zero-order valence-corrected chi connectivity index (χ0v) is 8.78. The molecule has 0 radical (unpaired) electrons. The van der Waals surface area contributed by atoms with Crippen LogP contribution in [0.3, 0.4) is 0 Å². The van der Waals surface area contributed by atoms with Gasteiger partial charge in [-0.25, -0.2) is 14.6 Å². The Morgan fingerprint density at radius 1 is 1.06 bits per heavy atom. The average molecular weight is 243 g/mol. The molecular weight excluding hydrogens is 238 g/mol. The van der Waals surface area contributed by atoms with Crippen molar-refractivity contribution in [2.45, 2.75) is 0 Å². The molecule has 0 aliphatic carbocycles. The number of fused-ring (bicyclic) bond motifs is 3. The fourth-order valence-corrected chi connectivity index (χ4v) is 1.76. The Hall–Kier alpha value is -2.97. The maximum Gasteiger partial charge on any atom is 0.199 e. The van der Waals surface area contributed by atoms with Crippen LogP contribution in [0.5, 0.6) is 0 Å². The average Bonchev–Trinajstić information content (AvgIpc) is 3.04. The second kappa shape index (κ2) is 3.03. The summed E-state index contributed by atoms with van der Waals surface area (Å²) in [4.78, 5) is 8.62. The molecule has 0 saturated heterocycles. The van der Waals surface area contributed by atoms with Crippen LogP contribution in [0.4, 0.5) is 5.82 Å². The first-order valence-corrected chi connectivity index (χ1v) is 5.02. The lowest BCUT2D eigenvalue weighted by atomic mass is 10.3. The highest BCUT2D eigenvalue weighted by Gasteiger charge is 2.17. The van der Waals surface area contributed by atoms with Crippen molar-refractivity contribution < 1.29 is 9.26 Å². The van der Waals surface area contributed by atoms with Gasteiger partial charge in [0, 0.05) is 0 Å². The molecule has 9 nitrogen and oxygen atoms in total. The third-order valence-corrected chi connectivity index (χ3v) is 2.59. The van der Waals surface area contributed by atoms with Crippen LogP contribution in [0, 0.1) is 0 Å². The molecule has 3 aromatic heterocycles. The number of nitrogens with one attached hydrogen (secondary N) is 1. The number of imidazole rings is 1. The predicted molar refractivity (Wildman–Crippen MR) is 59.2 cm³/mol. The van der Waals surface area contributed by atoms with Crippen molar-refractivity contribution in [3.8, 4) is 11.5 Å². The van der Waals surface area contributed by atoms with E-state index in [1.165, 1.54) is 0 Å². The van der Waals surface area contributed by atoms with Gasteiger partial charge in [-0.3, -0.25) is 4.63 Å². The van der Waals surface area contributed by atoms with E-state index in [9.17, 15) is 0 Å². The number of hydrogen-bond acceptors (Lipinski definition) is 8. The summed E-state index contributed by atoms with van der Waals surface area (Å²) in [7, 11) is 0. The van der Waals surface area contributed by atoms with E-state index in [1.54, 1.807) is 12.1 Å². The molecule has 0 fully saturated rings. The summed E-state index contributed by atoms with van der Waals surface area (Å²) in [6.07, 6.45) is 0. The van der Waals surface area contributed by atoms with Gasteiger partial charge in [-0.05, 0) is 27.6 Å². The summed E-state index contributed by atoms with van der Waals surface area (Å²) >= 11 is 0. The highest BCUT2D eigenvalue weighted by Crippen LogP contribution is 2.26. The molecule has 0 atom stereocenters. The van der Waals surface area contributed by atoms with E-state index in [0.717, 1.165) is 5.52 Å². The molecule has 3 heterocycles. The predicted octanol–water partition coefficient (Wildman–Crippen LogP) is 0.731. The van der Waals surface area contributed by atoms with E-state index in [2.05, 4.69) is 35.2 Å². The van der Waals surface area contributed by atoms with Crippen LogP contribution in [0.25, 0.3) is 33.6 Å². The number of nitrogens with zero attached hydrogens (tertiary/aromatic N) is 5. The summed E-state index contributed by atoms with van der Waals surface area (Å²) in [5.41, 5.74) is 8.52. The highest BCUT2D eigenvalue weighted by atomic mass is 16.6. The second-order valence-corrected chi connectivity index (χ2v) is 3.66. The van der Waals surface area contributed by atoms with Crippen molar-refractivity contribution in [1.29, 1.82) is 0 Å². The minimum Gasteiger partial charge on any atom is -0.379 e. The standard InChI is InChI=1S/C9H5N7O2/c10-8-7(15-18-16-8)9-11-3-1-2-4-6(5(3)12-9)14-17-13-4/h1-2,13H,(H2,10,16). The Morgan fingerprint density at radius 3 is 2.83 bits per heavy atom. The summed E-state index contributed by atoms with van der Waals surface area (Å²) in [5, 5.41) is 13.6. The van der Waals surface area contributed by atoms with Gasteiger partial charge in [-0.2, -0.15) is 5.16 Å². The Bertz CT molecular complexity index is 858. The zero-order valence-electron chi connectivity index (χ0n) is 8.78. The molecule has 9 heteroatoms. The van der Waals surface area contributed by atoms with Gasteiger partial charge in [0.1, 0.15) is 11.0 Å². The molecule has 88 valence electrons. The largest absolute Gasteiger partial charge is 0.379 e. The van der Waals surface area contributed by atoms with Crippen molar-refractivity contribution in [1.82, 2.24) is 30.6 Å². The molecule has 0 aliphatic heterocycles. The van der Waals surface area contributed by atoms with E-state index in [0.29, 0.717) is 28.1 Å². The maximum absolute atomic E-state index is 5.60. The first-order valence-electron chi connectivity index (χ1n) is 5.02. The first-order chi connectivity index (χ1) is 8.83. The Balaban J connectivity index is 2.07. The topological polar surface area (TPSA) is 133 Å². The second-order valence-electron chi connectivity index (χ2n) is 3.66. The van der Waals surface area contributed by atoms with E-state index in [-0.39, 0.29) is 5.82 Å². The molecule has 1 aromatic carbocycles. The monoisotopic (exact) mass is 243 g/mol. The van der Waals surface area contributed by atoms with Gasteiger partial charge >= 0.3 is 0 Å². The summed E-state index contributed by atoms with van der Waals surface area (Å²) < 4.78 is 9.31. The summed E-state index contributed by atoms with van der Waals surface area (Å²) in [5.74, 6) is 0.493. The maximum atomic E-state index is 5.60. The van der Waals surface area contributed by atoms with Crippen LogP contribution in [-0.2, 0) is 0 Å². The molecule has 0 unspecified atom stereocenters. The van der Waals surface area contributed by atoms with Crippen LogP contribution in [0.1, 0.15) is 0 Å². The van der Waals surface area contributed by atoms with E-state index in [1.807, 2.05) is 0 Å². The molecule has 0 amide bonds. The lowest BCUT2D eigenvalue weighted by molar-refractivity contribution is 0.310. The van der Waals surface area contributed by atoms with Gasteiger partial charge in [0.2, 0.25) is 0 Å². The number of aromatic nitrogens is 6. The van der Waals surface area contributed by atoms with E-state index >= 15 is 0 Å². The zero-order chi connectivity index (χ0) is 12.1. The number of nitrogen functional groups attached to an aromatic ring is 1. The van der Waals surface area contributed by atoms with Gasteiger partial charge in [0.25, 0.3) is 0 Å². The van der Waals surface area contributed by atoms with Crippen molar-refractivity contribution in [3.05, 3.63) is 12.1 Å². The molecule has 0 aliphatic rings. The smallest absolute Gasteiger partial charge is 0.199 e. The van der Waals surface area contributed by atoms with Crippen LogP contribution >= 0.6 is 0 Å². The summed E-state index contributed by atoms with van der Waals surface area (Å²) in [6.45, 7) is 0. The lowest BCUT2D eigenvalue weighted by Gasteiger charge is -1.84. The molecular formula is C9H5N7O2. The van der Waals surface area contributed by atoms with Crippen molar-refractivity contribution in [2.24, 2.45) is 0 Å².